The van der Waals surface area contributed by atoms with E-state index in [1.165, 1.54) is 0 Å². The Balaban J connectivity index is 2.65. The molecule has 1 aliphatic heterocycles. The van der Waals surface area contributed by atoms with Gasteiger partial charge in [-0.25, -0.2) is 8.42 Å². The normalized spacial score (nSPS) is 27.3. The molecule has 1 heterocycles. The average molecular weight is 265 g/mol. The van der Waals surface area contributed by atoms with Crippen LogP contribution in [0.4, 0.5) is 0 Å². The molecule has 7 heteroatoms. The summed E-state index contributed by atoms with van der Waals surface area (Å²) in [6.45, 7) is 4.33. The number of sulfone groups is 1. The summed E-state index contributed by atoms with van der Waals surface area (Å²) in [5.74, 6) is -0.718. The van der Waals surface area contributed by atoms with Crippen molar-refractivity contribution in [2.24, 2.45) is 0 Å². The van der Waals surface area contributed by atoms with Crippen LogP contribution in [-0.4, -0.2) is 67.7 Å². The van der Waals surface area contributed by atoms with Gasteiger partial charge in [0, 0.05) is 0 Å². The summed E-state index contributed by atoms with van der Waals surface area (Å²) in [7, 11) is -3.19. The van der Waals surface area contributed by atoms with Crippen LogP contribution in [0, 0.1) is 0 Å². The van der Waals surface area contributed by atoms with E-state index < -0.39 is 28.0 Å². The molecule has 0 aliphatic carbocycles. The number of carbonyl (C=O) groups is 1. The number of nitrogens with zero attached hydrogens (tertiary/aromatic N) is 1. The Morgan fingerprint density at radius 3 is 2.47 bits per heavy atom. The molecular weight excluding hydrogens is 246 g/mol. The van der Waals surface area contributed by atoms with Gasteiger partial charge in [-0.3, -0.25) is 9.69 Å². The standard InChI is InChI=1S/C10H19NO5S/c1-3-11(5-10(13)16-4-2)8-6-17(14,15)7-9(8)12/h8-9,12H,3-7H2,1-2H3. The summed E-state index contributed by atoms with van der Waals surface area (Å²) < 4.78 is 27.6. The molecule has 2 atom stereocenters. The minimum atomic E-state index is -3.19. The third-order valence-electron chi connectivity index (χ3n) is 2.81. The molecule has 0 aromatic carbocycles. The number of aliphatic hydroxyl groups excluding tert-OH is 1. The highest BCUT2D eigenvalue weighted by molar-refractivity contribution is 7.91. The zero-order valence-corrected chi connectivity index (χ0v) is 10.9. The van der Waals surface area contributed by atoms with Crippen LogP contribution in [0.2, 0.25) is 0 Å². The van der Waals surface area contributed by atoms with Gasteiger partial charge < -0.3 is 9.84 Å². The van der Waals surface area contributed by atoms with E-state index in [2.05, 4.69) is 0 Å². The Hall–Kier alpha value is -0.660. The second-order valence-electron chi connectivity index (χ2n) is 4.08. The van der Waals surface area contributed by atoms with Gasteiger partial charge in [-0.1, -0.05) is 6.92 Å². The lowest BCUT2D eigenvalue weighted by Gasteiger charge is -2.27. The topological polar surface area (TPSA) is 83.9 Å². The Morgan fingerprint density at radius 2 is 2.06 bits per heavy atom. The van der Waals surface area contributed by atoms with Gasteiger partial charge in [0.15, 0.2) is 9.84 Å². The first kappa shape index (κ1) is 14.4. The molecule has 0 aromatic heterocycles. The number of rotatable bonds is 5. The minimum Gasteiger partial charge on any atom is -0.465 e. The number of ether oxygens (including phenoxy) is 1. The van der Waals surface area contributed by atoms with Gasteiger partial charge in [0.05, 0.1) is 36.8 Å². The maximum Gasteiger partial charge on any atom is 0.320 e. The Labute approximate surface area is 101 Å². The first-order valence-electron chi connectivity index (χ1n) is 5.67. The molecule has 1 aliphatic rings. The summed E-state index contributed by atoms with van der Waals surface area (Å²) in [5.41, 5.74) is 0. The largest absolute Gasteiger partial charge is 0.465 e. The van der Waals surface area contributed by atoms with Crippen LogP contribution in [-0.2, 0) is 19.4 Å². The van der Waals surface area contributed by atoms with Crippen molar-refractivity contribution in [1.29, 1.82) is 0 Å². The van der Waals surface area contributed by atoms with Crippen molar-refractivity contribution in [1.82, 2.24) is 4.90 Å². The van der Waals surface area contributed by atoms with Crippen LogP contribution in [0.25, 0.3) is 0 Å². The quantitative estimate of drug-likeness (QED) is 0.644. The fourth-order valence-electron chi connectivity index (χ4n) is 2.00. The summed E-state index contributed by atoms with van der Waals surface area (Å²) in [4.78, 5) is 13.0. The number of carbonyl (C=O) groups excluding carboxylic acids is 1. The lowest BCUT2D eigenvalue weighted by atomic mass is 10.2. The predicted molar refractivity (Wildman–Crippen MR) is 62.3 cm³/mol. The Morgan fingerprint density at radius 1 is 1.41 bits per heavy atom. The van der Waals surface area contributed by atoms with E-state index in [9.17, 15) is 18.3 Å². The molecular formula is C10H19NO5S. The lowest BCUT2D eigenvalue weighted by Crippen LogP contribution is -2.45. The van der Waals surface area contributed by atoms with Crippen LogP contribution in [0.1, 0.15) is 13.8 Å². The number of aliphatic hydroxyl groups is 1. The maximum absolute atomic E-state index is 11.4. The molecule has 1 rings (SSSR count). The van der Waals surface area contributed by atoms with Crippen LogP contribution in [0.5, 0.6) is 0 Å². The molecule has 1 N–H and O–H groups in total. The maximum atomic E-state index is 11.4. The molecule has 100 valence electrons. The van der Waals surface area contributed by atoms with Crippen LogP contribution in [0.3, 0.4) is 0 Å². The van der Waals surface area contributed by atoms with E-state index in [1.807, 2.05) is 6.92 Å². The van der Waals surface area contributed by atoms with E-state index >= 15 is 0 Å². The van der Waals surface area contributed by atoms with Crippen molar-refractivity contribution >= 4 is 15.8 Å². The van der Waals surface area contributed by atoms with Crippen molar-refractivity contribution in [3.63, 3.8) is 0 Å². The minimum absolute atomic E-state index is 0.0155. The number of esters is 1. The molecule has 0 radical (unpaired) electrons. The van der Waals surface area contributed by atoms with E-state index in [1.54, 1.807) is 11.8 Å². The van der Waals surface area contributed by atoms with Gasteiger partial charge in [0.2, 0.25) is 0 Å². The zero-order chi connectivity index (χ0) is 13.1. The number of likely N-dealkylation sites (N-methyl/N-ethyl adjacent to an activating group) is 1. The second kappa shape index (κ2) is 5.79. The van der Waals surface area contributed by atoms with Crippen LogP contribution in [0.15, 0.2) is 0 Å². The third-order valence-corrected chi connectivity index (χ3v) is 4.51. The smallest absolute Gasteiger partial charge is 0.320 e. The van der Waals surface area contributed by atoms with Gasteiger partial charge in [0.25, 0.3) is 0 Å². The van der Waals surface area contributed by atoms with Crippen molar-refractivity contribution < 1.29 is 23.1 Å². The SMILES string of the molecule is CCOC(=O)CN(CC)C1CS(=O)(=O)CC1O. The third kappa shape index (κ3) is 3.93. The molecule has 1 fully saturated rings. The van der Waals surface area contributed by atoms with Crippen molar-refractivity contribution in [3.8, 4) is 0 Å². The fourth-order valence-corrected chi connectivity index (χ4v) is 3.83. The van der Waals surface area contributed by atoms with Gasteiger partial charge in [-0.05, 0) is 13.5 Å². The molecule has 0 aromatic rings. The van der Waals surface area contributed by atoms with Crippen molar-refractivity contribution in [2.75, 3.05) is 31.2 Å². The highest BCUT2D eigenvalue weighted by Gasteiger charge is 2.40. The Bertz CT molecular complexity index is 367. The first-order valence-corrected chi connectivity index (χ1v) is 7.50. The summed E-state index contributed by atoms with van der Waals surface area (Å²) >= 11 is 0. The second-order valence-corrected chi connectivity index (χ2v) is 6.23. The summed E-state index contributed by atoms with van der Waals surface area (Å²) in [5, 5.41) is 9.70. The predicted octanol–water partition coefficient (Wildman–Crippen LogP) is -0.971. The molecule has 6 nitrogen and oxygen atoms in total. The lowest BCUT2D eigenvalue weighted by molar-refractivity contribution is -0.145. The molecule has 0 amide bonds. The first-order chi connectivity index (χ1) is 7.89. The monoisotopic (exact) mass is 265 g/mol. The van der Waals surface area contributed by atoms with Gasteiger partial charge >= 0.3 is 5.97 Å². The number of hydrogen-bond acceptors (Lipinski definition) is 6. The highest BCUT2D eigenvalue weighted by atomic mass is 32.2. The molecule has 0 spiro atoms. The molecule has 2 unspecified atom stereocenters. The summed E-state index contributed by atoms with van der Waals surface area (Å²) in [6, 6.07) is -0.505. The van der Waals surface area contributed by atoms with E-state index in [4.69, 9.17) is 4.74 Å². The average Bonchev–Trinajstić information content (AvgIpc) is 2.49. The van der Waals surface area contributed by atoms with Gasteiger partial charge in [-0.2, -0.15) is 0 Å². The van der Waals surface area contributed by atoms with E-state index in [0.717, 1.165) is 0 Å². The van der Waals surface area contributed by atoms with Gasteiger partial charge in [-0.15, -0.1) is 0 Å². The fraction of sp³-hybridized carbons (Fsp3) is 0.900. The summed E-state index contributed by atoms with van der Waals surface area (Å²) in [6.07, 6.45) is -0.922. The van der Waals surface area contributed by atoms with E-state index in [-0.39, 0.29) is 18.1 Å². The van der Waals surface area contributed by atoms with Crippen LogP contribution < -0.4 is 0 Å². The molecule has 0 saturated carbocycles. The van der Waals surface area contributed by atoms with Crippen molar-refractivity contribution in [2.45, 2.75) is 26.0 Å². The molecule has 0 bridgehead atoms. The number of hydrogen-bond donors (Lipinski definition) is 1. The molecule has 1 saturated heterocycles. The van der Waals surface area contributed by atoms with Crippen LogP contribution >= 0.6 is 0 Å². The molecule has 17 heavy (non-hydrogen) atoms. The Kier molecular flexibility index (Phi) is 4.91. The van der Waals surface area contributed by atoms with Crippen molar-refractivity contribution in [3.05, 3.63) is 0 Å². The van der Waals surface area contributed by atoms with E-state index in [0.29, 0.717) is 13.2 Å². The highest BCUT2D eigenvalue weighted by Crippen LogP contribution is 2.18. The zero-order valence-electron chi connectivity index (χ0n) is 10.1. The van der Waals surface area contributed by atoms with Gasteiger partial charge in [0.1, 0.15) is 0 Å².